The fourth-order valence-corrected chi connectivity index (χ4v) is 7.07. The van der Waals surface area contributed by atoms with E-state index in [9.17, 15) is 18.3 Å². The number of aryl methyl sites for hydroxylation is 2. The molecule has 4 aromatic rings. The Labute approximate surface area is 227 Å². The van der Waals surface area contributed by atoms with E-state index >= 15 is 0 Å². The maximum atomic E-state index is 13.6. The van der Waals surface area contributed by atoms with Gasteiger partial charge in [-0.2, -0.15) is 4.31 Å². The third-order valence-corrected chi connectivity index (χ3v) is 9.22. The van der Waals surface area contributed by atoms with Crippen LogP contribution in [0.3, 0.4) is 0 Å². The van der Waals surface area contributed by atoms with Crippen molar-refractivity contribution < 1.29 is 23.1 Å². The molecular weight excluding hydrogens is 518 g/mol. The zero-order valence-corrected chi connectivity index (χ0v) is 23.1. The standard InChI is InChI=1S/C28H31N5O5S/c1-17-10-23-26(6-5-9-29-23)39(36,37)33(15-17)16-21-11-19(8-7-18(21)2)22(14-27(34)35)20-12-24-28(25(13-20)38-4)32(3)31-30-24/h5-9,11-13,17,22H,10,14-16H2,1-4H3,(H,34,35)/t17-,22?/m1/s1. The summed E-state index contributed by atoms with van der Waals surface area (Å²) >= 11 is 0. The highest BCUT2D eigenvalue weighted by molar-refractivity contribution is 7.89. The second-order valence-corrected chi connectivity index (χ2v) is 12.1. The van der Waals surface area contributed by atoms with Crippen LogP contribution >= 0.6 is 0 Å². The van der Waals surface area contributed by atoms with Crippen molar-refractivity contribution in [3.05, 3.63) is 76.6 Å². The highest BCUT2D eigenvalue weighted by atomic mass is 32.2. The van der Waals surface area contributed by atoms with E-state index in [2.05, 4.69) is 15.3 Å². The van der Waals surface area contributed by atoms with Crippen molar-refractivity contribution in [1.82, 2.24) is 24.3 Å². The van der Waals surface area contributed by atoms with Crippen molar-refractivity contribution >= 4 is 27.0 Å². The van der Waals surface area contributed by atoms with Crippen molar-refractivity contribution in [2.45, 2.75) is 44.0 Å². The summed E-state index contributed by atoms with van der Waals surface area (Å²) in [5, 5.41) is 18.1. The molecule has 0 saturated heterocycles. The molecule has 1 aliphatic heterocycles. The van der Waals surface area contributed by atoms with Gasteiger partial charge in [0.15, 0.2) is 0 Å². The smallest absolute Gasteiger partial charge is 0.304 e. The minimum absolute atomic E-state index is 0.0883. The van der Waals surface area contributed by atoms with E-state index in [1.54, 1.807) is 37.2 Å². The van der Waals surface area contributed by atoms with Gasteiger partial charge in [0.2, 0.25) is 10.0 Å². The van der Waals surface area contributed by atoms with Gasteiger partial charge in [0, 0.05) is 32.3 Å². The molecule has 2 atom stereocenters. The van der Waals surface area contributed by atoms with Gasteiger partial charge in [-0.15, -0.1) is 5.10 Å². The number of carbonyl (C=O) groups is 1. The molecule has 39 heavy (non-hydrogen) atoms. The largest absolute Gasteiger partial charge is 0.494 e. The third-order valence-electron chi connectivity index (χ3n) is 7.33. The molecule has 1 unspecified atom stereocenters. The van der Waals surface area contributed by atoms with E-state index in [0.29, 0.717) is 29.9 Å². The summed E-state index contributed by atoms with van der Waals surface area (Å²) in [4.78, 5) is 16.6. The molecule has 0 saturated carbocycles. The molecule has 0 fully saturated rings. The number of rotatable bonds is 7. The predicted molar refractivity (Wildman–Crippen MR) is 145 cm³/mol. The number of nitrogens with zero attached hydrogens (tertiary/aromatic N) is 5. The molecule has 0 spiro atoms. The number of benzene rings is 2. The molecule has 2 aromatic carbocycles. The number of methoxy groups -OCH3 is 1. The number of hydrogen-bond donors (Lipinski definition) is 1. The Morgan fingerprint density at radius 3 is 2.74 bits per heavy atom. The Bertz CT molecular complexity index is 1670. The molecule has 0 amide bonds. The Kier molecular flexibility index (Phi) is 7.13. The number of pyridine rings is 1. The van der Waals surface area contributed by atoms with Crippen LogP contribution in [0.2, 0.25) is 0 Å². The van der Waals surface area contributed by atoms with Gasteiger partial charge in [0.25, 0.3) is 0 Å². The zero-order valence-electron chi connectivity index (χ0n) is 22.3. The zero-order chi connectivity index (χ0) is 27.9. The van der Waals surface area contributed by atoms with Gasteiger partial charge >= 0.3 is 5.97 Å². The number of hydrogen-bond acceptors (Lipinski definition) is 7. The molecule has 0 bridgehead atoms. The average molecular weight is 550 g/mol. The van der Waals surface area contributed by atoms with Crippen LogP contribution < -0.4 is 4.74 Å². The van der Waals surface area contributed by atoms with Gasteiger partial charge < -0.3 is 9.84 Å². The molecule has 0 aliphatic carbocycles. The lowest BCUT2D eigenvalue weighted by Gasteiger charge is -2.24. The first-order valence-electron chi connectivity index (χ1n) is 12.7. The Hall–Kier alpha value is -3.83. The minimum atomic E-state index is -3.76. The minimum Gasteiger partial charge on any atom is -0.494 e. The maximum absolute atomic E-state index is 13.6. The van der Waals surface area contributed by atoms with E-state index in [-0.39, 0.29) is 23.8 Å². The van der Waals surface area contributed by atoms with Gasteiger partial charge in [-0.25, -0.2) is 13.1 Å². The van der Waals surface area contributed by atoms with Crippen LogP contribution in [0, 0.1) is 12.8 Å². The van der Waals surface area contributed by atoms with Crippen LogP contribution in [-0.2, 0) is 34.8 Å². The van der Waals surface area contributed by atoms with Crippen molar-refractivity contribution in [2.75, 3.05) is 13.7 Å². The van der Waals surface area contributed by atoms with Gasteiger partial charge in [-0.3, -0.25) is 9.78 Å². The van der Waals surface area contributed by atoms with Crippen molar-refractivity contribution in [2.24, 2.45) is 13.0 Å². The fourth-order valence-electron chi connectivity index (χ4n) is 5.34. The van der Waals surface area contributed by atoms with Crippen molar-refractivity contribution in [3.63, 3.8) is 0 Å². The summed E-state index contributed by atoms with van der Waals surface area (Å²) in [7, 11) is -0.438. The quantitative estimate of drug-likeness (QED) is 0.370. The van der Waals surface area contributed by atoms with Crippen LogP contribution in [0.1, 0.15) is 47.2 Å². The monoisotopic (exact) mass is 549 g/mol. The Morgan fingerprint density at radius 1 is 1.21 bits per heavy atom. The summed E-state index contributed by atoms with van der Waals surface area (Å²) in [6.45, 7) is 4.49. The summed E-state index contributed by atoms with van der Waals surface area (Å²) in [5.74, 6) is -0.819. The first kappa shape index (κ1) is 26.8. The first-order valence-corrected chi connectivity index (χ1v) is 14.1. The van der Waals surface area contributed by atoms with E-state index in [0.717, 1.165) is 27.8 Å². The van der Waals surface area contributed by atoms with E-state index < -0.39 is 21.9 Å². The summed E-state index contributed by atoms with van der Waals surface area (Å²) in [6, 6.07) is 12.7. The molecule has 1 aliphatic rings. The normalized spacial score (nSPS) is 17.9. The topological polar surface area (TPSA) is 128 Å². The Morgan fingerprint density at radius 2 is 2.00 bits per heavy atom. The van der Waals surface area contributed by atoms with Gasteiger partial charge in [0.1, 0.15) is 21.7 Å². The lowest BCUT2D eigenvalue weighted by Crippen LogP contribution is -2.33. The third kappa shape index (κ3) is 5.11. The molecule has 10 nitrogen and oxygen atoms in total. The van der Waals surface area contributed by atoms with Crippen LogP contribution in [0.15, 0.2) is 53.6 Å². The van der Waals surface area contributed by atoms with Gasteiger partial charge in [-0.05, 0) is 65.8 Å². The molecule has 1 N–H and O–H groups in total. The van der Waals surface area contributed by atoms with Crippen LogP contribution in [0.25, 0.3) is 11.0 Å². The van der Waals surface area contributed by atoms with Crippen molar-refractivity contribution in [3.8, 4) is 5.75 Å². The molecule has 204 valence electrons. The van der Waals surface area contributed by atoms with Crippen LogP contribution in [0.4, 0.5) is 0 Å². The molecule has 11 heteroatoms. The number of aromatic nitrogens is 4. The van der Waals surface area contributed by atoms with Crippen LogP contribution in [-0.4, -0.2) is 57.4 Å². The number of carboxylic acid groups (broad SMARTS) is 1. The van der Waals surface area contributed by atoms with E-state index in [1.165, 1.54) is 4.31 Å². The highest BCUT2D eigenvalue weighted by Crippen LogP contribution is 2.36. The van der Waals surface area contributed by atoms with E-state index in [4.69, 9.17) is 4.74 Å². The average Bonchev–Trinajstić information content (AvgIpc) is 3.24. The summed E-state index contributed by atoms with van der Waals surface area (Å²) in [5.41, 5.74) is 5.15. The molecule has 2 aromatic heterocycles. The summed E-state index contributed by atoms with van der Waals surface area (Å²) < 4.78 is 36.0. The number of aliphatic carboxylic acids is 1. The number of carboxylic acids is 1. The number of sulfonamides is 1. The molecule has 5 rings (SSSR count). The molecular formula is C28H31N5O5S. The van der Waals surface area contributed by atoms with Crippen molar-refractivity contribution in [1.29, 1.82) is 0 Å². The highest BCUT2D eigenvalue weighted by Gasteiger charge is 2.33. The predicted octanol–water partition coefficient (Wildman–Crippen LogP) is 3.67. The number of fused-ring (bicyclic) bond motifs is 2. The maximum Gasteiger partial charge on any atom is 0.304 e. The first-order chi connectivity index (χ1) is 18.6. The van der Waals surface area contributed by atoms with Gasteiger partial charge in [0.05, 0.1) is 19.2 Å². The SMILES string of the molecule is COc1cc(C(CC(=O)O)c2ccc(C)c(CN3C[C@H](C)Cc4ncccc4S3(=O)=O)c2)cc2nnn(C)c12. The number of ether oxygens (including phenoxy) is 1. The lowest BCUT2D eigenvalue weighted by atomic mass is 9.86. The van der Waals surface area contributed by atoms with Gasteiger partial charge in [-0.1, -0.05) is 30.3 Å². The Balaban J connectivity index is 1.56. The van der Waals surface area contributed by atoms with Crippen LogP contribution in [0.5, 0.6) is 5.75 Å². The fraction of sp³-hybridized carbons (Fsp3) is 0.357. The second-order valence-electron chi connectivity index (χ2n) is 10.2. The molecule has 0 radical (unpaired) electrons. The second kappa shape index (κ2) is 10.4. The summed E-state index contributed by atoms with van der Waals surface area (Å²) in [6.07, 6.45) is 2.05. The lowest BCUT2D eigenvalue weighted by molar-refractivity contribution is -0.137. The molecule has 3 heterocycles. The van der Waals surface area contributed by atoms with E-state index in [1.807, 2.05) is 44.2 Å².